The summed E-state index contributed by atoms with van der Waals surface area (Å²) in [6.45, 7) is 7.89. The molecule has 6 heteroatoms. The van der Waals surface area contributed by atoms with Crippen molar-refractivity contribution in [3.63, 3.8) is 0 Å². The zero-order valence-corrected chi connectivity index (χ0v) is 13.6. The van der Waals surface area contributed by atoms with E-state index in [1.807, 2.05) is 12.1 Å². The maximum absolute atomic E-state index is 12.1. The van der Waals surface area contributed by atoms with Crippen molar-refractivity contribution in [1.29, 1.82) is 0 Å². The van der Waals surface area contributed by atoms with E-state index in [9.17, 15) is 9.59 Å². The third-order valence-electron chi connectivity index (χ3n) is 4.07. The topological polar surface area (TPSA) is 91.3 Å². The summed E-state index contributed by atoms with van der Waals surface area (Å²) in [7, 11) is 0. The molecule has 0 aliphatic heterocycles. The van der Waals surface area contributed by atoms with Crippen molar-refractivity contribution in [3.05, 3.63) is 54.9 Å². The highest BCUT2D eigenvalue weighted by molar-refractivity contribution is 5.82. The van der Waals surface area contributed by atoms with E-state index in [1.54, 1.807) is 18.3 Å². The molecule has 1 heterocycles. The zero-order chi connectivity index (χ0) is 17.5. The van der Waals surface area contributed by atoms with Gasteiger partial charge in [-0.15, -0.1) is 13.2 Å². The van der Waals surface area contributed by atoms with Gasteiger partial charge >= 0.3 is 6.09 Å². The number of rotatable bonds is 9. The number of carbonyl (C=O) groups excluding carboxylic acids is 1. The molecule has 1 saturated carbocycles. The van der Waals surface area contributed by atoms with Gasteiger partial charge in [0, 0.05) is 18.7 Å². The Morgan fingerprint density at radius 1 is 1.42 bits per heavy atom. The van der Waals surface area contributed by atoms with Crippen LogP contribution in [0.5, 0.6) is 0 Å². The van der Waals surface area contributed by atoms with E-state index in [-0.39, 0.29) is 17.7 Å². The van der Waals surface area contributed by atoms with E-state index in [0.29, 0.717) is 18.7 Å². The van der Waals surface area contributed by atoms with Crippen molar-refractivity contribution in [3.8, 4) is 0 Å². The van der Waals surface area contributed by atoms with Crippen LogP contribution >= 0.6 is 0 Å². The number of pyridine rings is 1. The third kappa shape index (κ3) is 4.68. The van der Waals surface area contributed by atoms with Crippen molar-refractivity contribution in [1.82, 2.24) is 15.6 Å². The van der Waals surface area contributed by atoms with Gasteiger partial charge in [0.15, 0.2) is 0 Å². The van der Waals surface area contributed by atoms with E-state index in [1.165, 1.54) is 0 Å². The highest BCUT2D eigenvalue weighted by Crippen LogP contribution is 2.47. The summed E-state index contributed by atoms with van der Waals surface area (Å²) in [5.74, 6) is 0.214. The number of hydrogen-bond acceptors (Lipinski definition) is 3. The highest BCUT2D eigenvalue weighted by Gasteiger charge is 2.43. The lowest BCUT2D eigenvalue weighted by atomic mass is 10.0. The second-order valence-corrected chi connectivity index (χ2v) is 5.86. The van der Waals surface area contributed by atoms with Gasteiger partial charge in [-0.3, -0.25) is 9.78 Å². The summed E-state index contributed by atoms with van der Waals surface area (Å²) in [5, 5.41) is 14.3. The van der Waals surface area contributed by atoms with E-state index < -0.39 is 12.1 Å². The average Bonchev–Trinajstić information content (AvgIpc) is 3.35. The molecule has 1 aliphatic carbocycles. The first-order valence-electron chi connectivity index (χ1n) is 8.01. The fourth-order valence-electron chi connectivity index (χ4n) is 2.74. The number of nitrogens with one attached hydrogen (secondary N) is 2. The average molecular weight is 329 g/mol. The highest BCUT2D eigenvalue weighted by atomic mass is 16.4. The molecule has 1 aliphatic rings. The van der Waals surface area contributed by atoms with Gasteiger partial charge in [-0.05, 0) is 42.9 Å². The van der Waals surface area contributed by atoms with Gasteiger partial charge in [0.2, 0.25) is 5.91 Å². The predicted molar refractivity (Wildman–Crippen MR) is 91.6 cm³/mol. The molecule has 128 valence electrons. The maximum Gasteiger partial charge on any atom is 0.405 e. The van der Waals surface area contributed by atoms with Gasteiger partial charge in [-0.2, -0.15) is 0 Å². The Hall–Kier alpha value is -2.63. The van der Waals surface area contributed by atoms with Crippen molar-refractivity contribution in [2.45, 2.75) is 31.2 Å². The predicted octanol–water partition coefficient (Wildman–Crippen LogP) is 2.76. The van der Waals surface area contributed by atoms with E-state index >= 15 is 0 Å². The molecule has 0 spiro atoms. The van der Waals surface area contributed by atoms with Crippen LogP contribution in [-0.2, 0) is 4.79 Å². The summed E-state index contributed by atoms with van der Waals surface area (Å²) >= 11 is 0. The first-order chi connectivity index (χ1) is 11.6. The van der Waals surface area contributed by atoms with Crippen LogP contribution in [0.15, 0.2) is 43.6 Å². The summed E-state index contributed by atoms with van der Waals surface area (Å²) in [5.41, 5.74) is 1.66. The van der Waals surface area contributed by atoms with Gasteiger partial charge in [0.05, 0.1) is 11.7 Å². The minimum atomic E-state index is -1.10. The molecule has 24 heavy (non-hydrogen) atoms. The van der Waals surface area contributed by atoms with E-state index in [0.717, 1.165) is 18.4 Å². The van der Waals surface area contributed by atoms with Gasteiger partial charge in [-0.1, -0.05) is 12.2 Å². The Labute approximate surface area is 141 Å². The Kier molecular flexibility index (Phi) is 6.12. The van der Waals surface area contributed by atoms with Crippen LogP contribution in [0.3, 0.4) is 0 Å². The maximum atomic E-state index is 12.1. The summed E-state index contributed by atoms with van der Waals surface area (Å²) in [4.78, 5) is 27.3. The molecule has 3 N–H and O–H groups in total. The van der Waals surface area contributed by atoms with Gasteiger partial charge < -0.3 is 15.7 Å². The molecule has 1 aromatic rings. The van der Waals surface area contributed by atoms with Crippen LogP contribution in [0.25, 0.3) is 0 Å². The molecule has 0 saturated heterocycles. The molecule has 0 aromatic carbocycles. The molecule has 3 atom stereocenters. The van der Waals surface area contributed by atoms with Gasteiger partial charge in [0.1, 0.15) is 0 Å². The molecular weight excluding hydrogens is 306 g/mol. The quantitative estimate of drug-likeness (QED) is 0.480. The zero-order valence-electron chi connectivity index (χ0n) is 13.6. The van der Waals surface area contributed by atoms with Crippen LogP contribution < -0.4 is 10.6 Å². The number of aromatic nitrogens is 1. The summed E-state index contributed by atoms with van der Waals surface area (Å²) in [6, 6.07) is 3.33. The van der Waals surface area contributed by atoms with Crippen LogP contribution in [-0.4, -0.2) is 28.6 Å². The Morgan fingerprint density at radius 2 is 2.21 bits per heavy atom. The molecule has 0 unspecified atom stereocenters. The number of carboxylic acid groups (broad SMARTS) is 1. The SMILES string of the molecule is C=CCCNC(=O)[C@H]1C[C@H]1c1ccnc([C@H](CC=C)NC(=O)O)c1. The minimum absolute atomic E-state index is 0.0182. The minimum Gasteiger partial charge on any atom is -0.465 e. The first-order valence-corrected chi connectivity index (χ1v) is 8.01. The van der Waals surface area contributed by atoms with E-state index in [2.05, 4.69) is 28.8 Å². The lowest BCUT2D eigenvalue weighted by Crippen LogP contribution is -2.27. The lowest BCUT2D eigenvalue weighted by Gasteiger charge is -2.15. The monoisotopic (exact) mass is 329 g/mol. The van der Waals surface area contributed by atoms with E-state index in [4.69, 9.17) is 5.11 Å². The number of carbonyl (C=O) groups is 2. The molecule has 2 amide bonds. The second kappa shape index (κ2) is 8.29. The number of hydrogen-bond donors (Lipinski definition) is 3. The van der Waals surface area contributed by atoms with Crippen molar-refractivity contribution in [2.24, 2.45) is 5.92 Å². The molecular formula is C18H23N3O3. The van der Waals surface area contributed by atoms with Crippen molar-refractivity contribution in [2.75, 3.05) is 6.54 Å². The second-order valence-electron chi connectivity index (χ2n) is 5.86. The molecule has 0 radical (unpaired) electrons. The van der Waals surface area contributed by atoms with Crippen molar-refractivity contribution < 1.29 is 14.7 Å². The van der Waals surface area contributed by atoms with Crippen LogP contribution in [0.2, 0.25) is 0 Å². The third-order valence-corrected chi connectivity index (χ3v) is 4.07. The molecule has 1 aromatic heterocycles. The Balaban J connectivity index is 2.02. The van der Waals surface area contributed by atoms with Crippen LogP contribution in [0.4, 0.5) is 4.79 Å². The largest absolute Gasteiger partial charge is 0.465 e. The van der Waals surface area contributed by atoms with Gasteiger partial charge in [0.25, 0.3) is 0 Å². The fourth-order valence-corrected chi connectivity index (χ4v) is 2.74. The smallest absolute Gasteiger partial charge is 0.405 e. The summed E-state index contributed by atoms with van der Waals surface area (Å²) < 4.78 is 0. The Bertz CT molecular complexity index is 630. The van der Waals surface area contributed by atoms with Gasteiger partial charge in [-0.25, -0.2) is 4.79 Å². The normalized spacial score (nSPS) is 19.8. The molecule has 2 rings (SSSR count). The fraction of sp³-hybridized carbons (Fsp3) is 0.389. The van der Waals surface area contributed by atoms with Crippen LogP contribution in [0, 0.1) is 5.92 Å². The molecule has 6 nitrogen and oxygen atoms in total. The molecule has 1 fully saturated rings. The number of amides is 2. The van der Waals surface area contributed by atoms with Crippen LogP contribution in [0.1, 0.15) is 42.5 Å². The lowest BCUT2D eigenvalue weighted by molar-refractivity contribution is -0.122. The standard InChI is InChI=1S/C18H23N3O3/c1-3-5-8-20-17(22)14-11-13(14)12-7-9-19-16(10-12)15(6-4-2)21-18(23)24/h3-4,7,9-10,13-15,21H,1-2,5-6,8,11H2,(H,20,22)(H,23,24)/t13-,14-,15-/m0/s1. The summed E-state index contributed by atoms with van der Waals surface area (Å²) in [6.07, 6.45) is 6.01. The van der Waals surface area contributed by atoms with Crippen molar-refractivity contribution >= 4 is 12.0 Å². The molecule has 0 bridgehead atoms. The first kappa shape index (κ1) is 17.7. The number of nitrogens with zero attached hydrogens (tertiary/aromatic N) is 1. The Morgan fingerprint density at radius 3 is 2.88 bits per heavy atom.